The van der Waals surface area contributed by atoms with Gasteiger partial charge in [-0.15, -0.1) is 0 Å². The molecule has 1 saturated heterocycles. The number of hydrogen-bond acceptors (Lipinski definition) is 3. The van der Waals surface area contributed by atoms with E-state index in [1.165, 1.54) is 5.56 Å². The van der Waals surface area contributed by atoms with Gasteiger partial charge in [-0.25, -0.2) is 0 Å². The Morgan fingerprint density at radius 3 is 2.71 bits per heavy atom. The third kappa shape index (κ3) is 4.53. The molecule has 0 aromatic heterocycles. The van der Waals surface area contributed by atoms with Crippen molar-refractivity contribution in [3.05, 3.63) is 34.3 Å². The van der Waals surface area contributed by atoms with Crippen molar-refractivity contribution < 1.29 is 9.90 Å². The Kier molecular flexibility index (Phi) is 5.79. The van der Waals surface area contributed by atoms with Gasteiger partial charge in [-0.2, -0.15) is 0 Å². The number of carboxylic acid groups (broad SMARTS) is 1. The summed E-state index contributed by atoms with van der Waals surface area (Å²) >= 11 is 3.53. The third-order valence-electron chi connectivity index (χ3n) is 4.39. The summed E-state index contributed by atoms with van der Waals surface area (Å²) in [7, 11) is 1.91. The van der Waals surface area contributed by atoms with E-state index in [1.807, 2.05) is 18.0 Å². The fourth-order valence-electron chi connectivity index (χ4n) is 3.03. The van der Waals surface area contributed by atoms with Crippen LogP contribution in [0.15, 0.2) is 28.7 Å². The second-order valence-corrected chi connectivity index (χ2v) is 6.72. The normalized spacial score (nSPS) is 18.9. The lowest BCUT2D eigenvalue weighted by Gasteiger charge is -2.39. The van der Waals surface area contributed by atoms with E-state index in [4.69, 9.17) is 5.11 Å². The van der Waals surface area contributed by atoms with Gasteiger partial charge in [0.2, 0.25) is 0 Å². The molecule has 1 aromatic carbocycles. The summed E-state index contributed by atoms with van der Waals surface area (Å²) < 4.78 is 1.11. The summed E-state index contributed by atoms with van der Waals surface area (Å²) in [6, 6.07) is 9.23. The number of carboxylic acids is 1. The number of rotatable bonds is 5. The average Bonchev–Trinajstić information content (AvgIpc) is 2.46. The predicted molar refractivity (Wildman–Crippen MR) is 87.4 cm³/mol. The Labute approximate surface area is 134 Å². The van der Waals surface area contributed by atoms with Gasteiger partial charge in [0.05, 0.1) is 6.54 Å². The van der Waals surface area contributed by atoms with E-state index in [0.29, 0.717) is 12.1 Å². The number of halogens is 1. The van der Waals surface area contributed by atoms with E-state index >= 15 is 0 Å². The highest BCUT2D eigenvalue weighted by atomic mass is 79.9. The molecule has 1 unspecified atom stereocenters. The molecule has 1 fully saturated rings. The SMILES string of the molecule is CC(c1cccc(Br)c1)N1CCC(N(C)CC(=O)O)CC1. The van der Waals surface area contributed by atoms with E-state index < -0.39 is 5.97 Å². The average molecular weight is 355 g/mol. The molecule has 21 heavy (non-hydrogen) atoms. The van der Waals surface area contributed by atoms with E-state index in [2.05, 4.69) is 46.0 Å². The molecule has 4 nitrogen and oxygen atoms in total. The van der Waals surface area contributed by atoms with Crippen LogP contribution in [0.4, 0.5) is 0 Å². The standard InChI is InChI=1S/C16H23BrN2O2/c1-12(13-4-3-5-14(17)10-13)19-8-6-15(7-9-19)18(2)11-16(20)21/h3-5,10,12,15H,6-9,11H2,1-2H3,(H,20,21). The van der Waals surface area contributed by atoms with E-state index in [0.717, 1.165) is 30.4 Å². The Morgan fingerprint density at radius 2 is 2.14 bits per heavy atom. The maximum Gasteiger partial charge on any atom is 0.317 e. The van der Waals surface area contributed by atoms with Crippen LogP contribution in [0.2, 0.25) is 0 Å². The van der Waals surface area contributed by atoms with Crippen molar-refractivity contribution in [2.75, 3.05) is 26.7 Å². The van der Waals surface area contributed by atoms with Crippen LogP contribution in [0, 0.1) is 0 Å². The summed E-state index contributed by atoms with van der Waals surface area (Å²) in [6.45, 7) is 4.40. The Morgan fingerprint density at radius 1 is 1.48 bits per heavy atom. The molecule has 0 radical (unpaired) electrons. The molecular weight excluding hydrogens is 332 g/mol. The molecule has 0 amide bonds. The molecule has 5 heteroatoms. The van der Waals surface area contributed by atoms with Gasteiger partial charge in [0.25, 0.3) is 0 Å². The third-order valence-corrected chi connectivity index (χ3v) is 4.88. The number of piperidine rings is 1. The maximum absolute atomic E-state index is 10.8. The van der Waals surface area contributed by atoms with E-state index in [9.17, 15) is 4.79 Å². The van der Waals surface area contributed by atoms with Crippen LogP contribution in [0.1, 0.15) is 31.4 Å². The predicted octanol–water partition coefficient (Wildman–Crippen LogP) is 2.99. The molecule has 0 aliphatic carbocycles. The quantitative estimate of drug-likeness (QED) is 0.882. The summed E-state index contributed by atoms with van der Waals surface area (Å²) in [5.41, 5.74) is 1.32. The molecule has 116 valence electrons. The first-order valence-corrected chi connectivity index (χ1v) is 8.18. The molecule has 1 aromatic rings. The van der Waals surface area contributed by atoms with Crippen LogP contribution in [0.3, 0.4) is 0 Å². The van der Waals surface area contributed by atoms with Gasteiger partial charge >= 0.3 is 5.97 Å². The zero-order valence-electron chi connectivity index (χ0n) is 12.6. The lowest BCUT2D eigenvalue weighted by molar-refractivity contribution is -0.138. The van der Waals surface area contributed by atoms with Crippen molar-refractivity contribution in [3.63, 3.8) is 0 Å². The highest BCUT2D eigenvalue weighted by Crippen LogP contribution is 2.27. The number of likely N-dealkylation sites (tertiary alicyclic amines) is 1. The van der Waals surface area contributed by atoms with Gasteiger partial charge in [-0.3, -0.25) is 14.6 Å². The van der Waals surface area contributed by atoms with Gasteiger partial charge in [0.15, 0.2) is 0 Å². The van der Waals surface area contributed by atoms with Crippen LogP contribution in [-0.4, -0.2) is 53.6 Å². The van der Waals surface area contributed by atoms with E-state index in [1.54, 1.807) is 0 Å². The molecule has 0 saturated carbocycles. The topological polar surface area (TPSA) is 43.8 Å². The van der Waals surface area contributed by atoms with Crippen molar-refractivity contribution >= 4 is 21.9 Å². The van der Waals surface area contributed by atoms with Crippen LogP contribution in [0.5, 0.6) is 0 Å². The highest BCUT2D eigenvalue weighted by molar-refractivity contribution is 9.10. The largest absolute Gasteiger partial charge is 0.480 e. The molecule has 1 atom stereocenters. The number of hydrogen-bond donors (Lipinski definition) is 1. The number of likely N-dealkylation sites (N-methyl/N-ethyl adjacent to an activating group) is 1. The lowest BCUT2D eigenvalue weighted by Crippen LogP contribution is -2.45. The van der Waals surface area contributed by atoms with Crippen LogP contribution in [0.25, 0.3) is 0 Å². The first-order chi connectivity index (χ1) is 9.97. The zero-order chi connectivity index (χ0) is 15.4. The lowest BCUT2D eigenvalue weighted by atomic mass is 9.99. The van der Waals surface area contributed by atoms with Crippen LogP contribution >= 0.6 is 15.9 Å². The van der Waals surface area contributed by atoms with Crippen molar-refractivity contribution in [1.82, 2.24) is 9.80 Å². The molecule has 2 rings (SSSR count). The van der Waals surface area contributed by atoms with Gasteiger partial charge < -0.3 is 5.11 Å². The Bertz CT molecular complexity index is 487. The van der Waals surface area contributed by atoms with Crippen molar-refractivity contribution in [1.29, 1.82) is 0 Å². The Balaban J connectivity index is 1.90. The Hall–Kier alpha value is -0.910. The number of aliphatic carboxylic acids is 1. The van der Waals surface area contributed by atoms with Crippen LogP contribution in [-0.2, 0) is 4.79 Å². The zero-order valence-corrected chi connectivity index (χ0v) is 14.2. The molecule has 1 aliphatic rings. The second-order valence-electron chi connectivity index (χ2n) is 5.81. The maximum atomic E-state index is 10.8. The number of benzene rings is 1. The van der Waals surface area contributed by atoms with Gasteiger partial charge in [0, 0.05) is 29.6 Å². The monoisotopic (exact) mass is 354 g/mol. The smallest absolute Gasteiger partial charge is 0.317 e. The fraction of sp³-hybridized carbons (Fsp3) is 0.562. The van der Waals surface area contributed by atoms with Gasteiger partial charge in [0.1, 0.15) is 0 Å². The minimum absolute atomic E-state index is 0.131. The minimum atomic E-state index is -0.748. The molecule has 0 bridgehead atoms. The van der Waals surface area contributed by atoms with Gasteiger partial charge in [-0.1, -0.05) is 28.1 Å². The van der Waals surface area contributed by atoms with Crippen molar-refractivity contribution in [2.24, 2.45) is 0 Å². The van der Waals surface area contributed by atoms with E-state index in [-0.39, 0.29) is 6.54 Å². The second kappa shape index (κ2) is 7.38. The molecule has 1 aliphatic heterocycles. The molecular formula is C16H23BrN2O2. The summed E-state index contributed by atoms with van der Waals surface area (Å²) in [5, 5.41) is 8.87. The van der Waals surface area contributed by atoms with Gasteiger partial charge in [-0.05, 0) is 44.5 Å². The van der Waals surface area contributed by atoms with Crippen molar-refractivity contribution in [3.8, 4) is 0 Å². The number of nitrogens with zero attached hydrogens (tertiary/aromatic N) is 2. The summed E-state index contributed by atoms with van der Waals surface area (Å²) in [4.78, 5) is 15.2. The highest BCUT2D eigenvalue weighted by Gasteiger charge is 2.26. The van der Waals surface area contributed by atoms with Crippen LogP contribution < -0.4 is 0 Å². The summed E-state index contributed by atoms with van der Waals surface area (Å²) in [6.07, 6.45) is 2.06. The molecule has 1 N–H and O–H groups in total. The summed E-state index contributed by atoms with van der Waals surface area (Å²) in [5.74, 6) is -0.748. The number of carbonyl (C=O) groups is 1. The first kappa shape index (κ1) is 16.5. The molecule has 0 spiro atoms. The first-order valence-electron chi connectivity index (χ1n) is 7.39. The molecule has 1 heterocycles. The fourth-order valence-corrected chi connectivity index (χ4v) is 3.45. The minimum Gasteiger partial charge on any atom is -0.480 e. The van der Waals surface area contributed by atoms with Crippen molar-refractivity contribution in [2.45, 2.75) is 31.8 Å².